The average molecular weight is 591 g/mol. The Hall–Kier alpha value is -0.610. The fourth-order valence-corrected chi connectivity index (χ4v) is 2.66. The van der Waals surface area contributed by atoms with E-state index in [0.29, 0.717) is 158 Å². The highest BCUT2D eigenvalue weighted by Gasteiger charge is 1.96. The summed E-state index contributed by atoms with van der Waals surface area (Å²) in [6, 6.07) is 0. The van der Waals surface area contributed by atoms with Crippen molar-refractivity contribution >= 4 is 11.6 Å². The maximum absolute atomic E-state index is 5.50. The molecule has 0 saturated heterocycles. The van der Waals surface area contributed by atoms with E-state index in [2.05, 4.69) is 6.58 Å². The van der Waals surface area contributed by atoms with Crippen molar-refractivity contribution < 1.29 is 56.8 Å². The number of hydrogen-bond donors (Lipinski definition) is 0. The molecule has 0 aliphatic carbocycles. The van der Waals surface area contributed by atoms with Crippen LogP contribution in [0.2, 0.25) is 0 Å². The molecule has 0 aromatic rings. The lowest BCUT2D eigenvalue weighted by Crippen LogP contribution is -2.15. The third kappa shape index (κ3) is 37.4. The zero-order valence-corrected chi connectivity index (χ0v) is 24.3. The summed E-state index contributed by atoms with van der Waals surface area (Å²) in [5.74, 6) is 0.498. The van der Waals surface area contributed by atoms with Crippen LogP contribution in [0.1, 0.15) is 0 Å². The van der Waals surface area contributed by atoms with Crippen LogP contribution in [-0.2, 0) is 56.8 Å². The van der Waals surface area contributed by atoms with Gasteiger partial charge in [-0.15, -0.1) is 11.6 Å². The zero-order chi connectivity index (χ0) is 28.2. The van der Waals surface area contributed by atoms with E-state index < -0.39 is 0 Å². The molecule has 0 aromatic carbocycles. The van der Waals surface area contributed by atoms with Crippen molar-refractivity contribution in [3.63, 3.8) is 0 Å². The van der Waals surface area contributed by atoms with E-state index in [4.69, 9.17) is 68.4 Å². The molecule has 0 unspecified atom stereocenters. The molecule has 0 atom stereocenters. The lowest BCUT2D eigenvalue weighted by Gasteiger charge is -2.09. The standard InChI is InChI=1S/C26H51ClO12/c1-2-28-5-6-30-9-10-32-13-14-34-17-18-36-21-22-38-25-26-39-24-23-37-20-19-35-16-15-33-12-11-31-8-7-29-4-3-27/h2H,1,3-26H2. The molecule has 12 nitrogen and oxygen atoms in total. The molecule has 0 bridgehead atoms. The number of alkyl halides is 1. The molecule has 0 rings (SSSR count). The highest BCUT2D eigenvalue weighted by Crippen LogP contribution is 1.87. The predicted octanol–water partition coefficient (Wildman–Crippen LogP) is 1.57. The van der Waals surface area contributed by atoms with Crippen LogP contribution in [0.15, 0.2) is 12.8 Å². The van der Waals surface area contributed by atoms with Gasteiger partial charge in [-0.1, -0.05) is 6.58 Å². The second-order valence-corrected chi connectivity index (χ2v) is 7.84. The Kier molecular flexibility index (Phi) is 36.8. The van der Waals surface area contributed by atoms with E-state index in [-0.39, 0.29) is 0 Å². The van der Waals surface area contributed by atoms with Gasteiger partial charge in [-0.05, 0) is 0 Å². The second-order valence-electron chi connectivity index (χ2n) is 7.46. The van der Waals surface area contributed by atoms with Crippen LogP contribution >= 0.6 is 11.6 Å². The van der Waals surface area contributed by atoms with Gasteiger partial charge in [-0.2, -0.15) is 0 Å². The molecule has 234 valence electrons. The summed E-state index contributed by atoms with van der Waals surface area (Å²) in [5.41, 5.74) is 0. The Bertz CT molecular complexity index is 451. The first-order valence-corrected chi connectivity index (χ1v) is 14.1. The molecular weight excluding hydrogens is 540 g/mol. The largest absolute Gasteiger partial charge is 0.499 e. The Labute approximate surface area is 239 Å². The summed E-state index contributed by atoms with van der Waals surface area (Å²) < 4.78 is 64.3. The van der Waals surface area contributed by atoms with Crippen LogP contribution in [0.5, 0.6) is 0 Å². The first kappa shape index (κ1) is 38.4. The monoisotopic (exact) mass is 590 g/mol. The van der Waals surface area contributed by atoms with Gasteiger partial charge in [-0.3, -0.25) is 0 Å². The van der Waals surface area contributed by atoms with E-state index in [0.717, 1.165) is 0 Å². The van der Waals surface area contributed by atoms with Gasteiger partial charge in [0.15, 0.2) is 0 Å². The molecule has 0 N–H and O–H groups in total. The highest BCUT2D eigenvalue weighted by molar-refractivity contribution is 6.17. The normalized spacial score (nSPS) is 11.3. The van der Waals surface area contributed by atoms with Crippen LogP contribution in [0.3, 0.4) is 0 Å². The van der Waals surface area contributed by atoms with Crippen molar-refractivity contribution in [1.29, 1.82) is 0 Å². The molecular formula is C26H51ClO12. The van der Waals surface area contributed by atoms with Crippen molar-refractivity contribution in [2.75, 3.05) is 158 Å². The molecule has 0 amide bonds. The van der Waals surface area contributed by atoms with Crippen LogP contribution in [0, 0.1) is 0 Å². The van der Waals surface area contributed by atoms with Crippen LogP contribution in [0.25, 0.3) is 0 Å². The van der Waals surface area contributed by atoms with Gasteiger partial charge in [0, 0.05) is 5.88 Å². The first-order chi connectivity index (χ1) is 19.4. The molecule has 0 radical (unpaired) electrons. The molecule has 0 fully saturated rings. The molecule has 0 aliphatic rings. The minimum atomic E-state index is 0.498. The summed E-state index contributed by atoms with van der Waals surface area (Å²) >= 11 is 5.50. The second kappa shape index (κ2) is 37.4. The SMILES string of the molecule is C=COCCOCCOCCOCCOCCOCCOCCOCCOCCOCCOCCOCCCl. The third-order valence-electron chi connectivity index (χ3n) is 4.40. The molecule has 0 heterocycles. The molecule has 39 heavy (non-hydrogen) atoms. The van der Waals surface area contributed by atoms with Crippen LogP contribution in [0.4, 0.5) is 0 Å². The van der Waals surface area contributed by atoms with E-state index in [1.54, 1.807) is 0 Å². The summed E-state index contributed by atoms with van der Waals surface area (Å²) in [6.07, 6.45) is 1.40. The van der Waals surface area contributed by atoms with Crippen molar-refractivity contribution in [2.45, 2.75) is 0 Å². The van der Waals surface area contributed by atoms with Gasteiger partial charge in [0.05, 0.1) is 152 Å². The Morgan fingerprint density at radius 3 is 0.667 bits per heavy atom. The van der Waals surface area contributed by atoms with Crippen molar-refractivity contribution in [3.05, 3.63) is 12.8 Å². The van der Waals surface area contributed by atoms with Gasteiger partial charge >= 0.3 is 0 Å². The number of rotatable bonds is 36. The first-order valence-electron chi connectivity index (χ1n) is 13.6. The predicted molar refractivity (Wildman–Crippen MR) is 146 cm³/mol. The fourth-order valence-electron chi connectivity index (χ4n) is 2.55. The summed E-state index contributed by atoms with van der Waals surface area (Å²) in [6.45, 7) is 15.5. The lowest BCUT2D eigenvalue weighted by molar-refractivity contribution is -0.0277. The lowest BCUT2D eigenvalue weighted by atomic mass is 10.6. The smallest absolute Gasteiger partial charge is 0.111 e. The van der Waals surface area contributed by atoms with E-state index in [1.165, 1.54) is 6.26 Å². The number of ether oxygens (including phenoxy) is 12. The Balaban J connectivity index is 3.02. The van der Waals surface area contributed by atoms with Crippen LogP contribution < -0.4 is 0 Å². The van der Waals surface area contributed by atoms with E-state index >= 15 is 0 Å². The number of hydrogen-bond acceptors (Lipinski definition) is 12. The molecule has 0 spiro atoms. The number of halogens is 1. The van der Waals surface area contributed by atoms with Gasteiger partial charge < -0.3 is 56.8 Å². The van der Waals surface area contributed by atoms with Crippen LogP contribution in [-0.4, -0.2) is 158 Å². The van der Waals surface area contributed by atoms with E-state index in [1.807, 2.05) is 0 Å². The van der Waals surface area contributed by atoms with Gasteiger partial charge in [0.1, 0.15) is 6.61 Å². The minimum absolute atomic E-state index is 0.498. The van der Waals surface area contributed by atoms with Gasteiger partial charge in [0.2, 0.25) is 0 Å². The fraction of sp³-hybridized carbons (Fsp3) is 0.923. The molecule has 0 aromatic heterocycles. The van der Waals surface area contributed by atoms with Crippen molar-refractivity contribution in [3.8, 4) is 0 Å². The third-order valence-corrected chi connectivity index (χ3v) is 4.56. The van der Waals surface area contributed by atoms with Gasteiger partial charge in [0.25, 0.3) is 0 Å². The maximum Gasteiger partial charge on any atom is 0.111 e. The minimum Gasteiger partial charge on any atom is -0.499 e. The summed E-state index contributed by atoms with van der Waals surface area (Å²) in [5, 5.41) is 0. The summed E-state index contributed by atoms with van der Waals surface area (Å²) in [7, 11) is 0. The zero-order valence-electron chi connectivity index (χ0n) is 23.5. The van der Waals surface area contributed by atoms with Gasteiger partial charge in [-0.25, -0.2) is 0 Å². The molecule has 13 heteroatoms. The average Bonchev–Trinajstić information content (AvgIpc) is 2.95. The Morgan fingerprint density at radius 2 is 0.487 bits per heavy atom. The molecule has 0 aliphatic heterocycles. The summed E-state index contributed by atoms with van der Waals surface area (Å²) in [4.78, 5) is 0. The quantitative estimate of drug-likeness (QED) is 0.0600. The van der Waals surface area contributed by atoms with Crippen molar-refractivity contribution in [2.24, 2.45) is 0 Å². The van der Waals surface area contributed by atoms with Crippen molar-refractivity contribution in [1.82, 2.24) is 0 Å². The topological polar surface area (TPSA) is 111 Å². The van der Waals surface area contributed by atoms with E-state index in [9.17, 15) is 0 Å². The maximum atomic E-state index is 5.50. The Morgan fingerprint density at radius 1 is 0.308 bits per heavy atom. The highest BCUT2D eigenvalue weighted by atomic mass is 35.5. The molecule has 0 saturated carbocycles.